The zero-order chi connectivity index (χ0) is 8.69. The lowest BCUT2D eigenvalue weighted by Crippen LogP contribution is -1.76. The van der Waals surface area contributed by atoms with Gasteiger partial charge in [-0.2, -0.15) is 0 Å². The van der Waals surface area contributed by atoms with Crippen LogP contribution in [0.5, 0.6) is 0 Å². The first-order valence-electron chi connectivity index (χ1n) is 3.81. The van der Waals surface area contributed by atoms with Crippen molar-refractivity contribution < 1.29 is 0 Å². The number of hydrogen-bond acceptors (Lipinski definition) is 0. The summed E-state index contributed by atoms with van der Waals surface area (Å²) in [5.41, 5.74) is 2.54. The fraction of sp³-hybridized carbons (Fsp3) is 0.273. The van der Waals surface area contributed by atoms with Crippen molar-refractivity contribution >= 4 is 0 Å². The minimum atomic E-state index is 1.26. The average Bonchev–Trinajstić information content (AvgIpc) is 2.00. The zero-order valence-corrected chi connectivity index (χ0v) is 7.59. The van der Waals surface area contributed by atoms with E-state index < -0.39 is 0 Å². The molecule has 0 aromatic carbocycles. The topological polar surface area (TPSA) is 0 Å². The summed E-state index contributed by atoms with van der Waals surface area (Å²) in [6, 6.07) is 0. The Morgan fingerprint density at radius 3 is 2.09 bits per heavy atom. The molecule has 0 saturated carbocycles. The lowest BCUT2D eigenvalue weighted by atomic mass is 10.1. The molecule has 0 rings (SSSR count). The van der Waals surface area contributed by atoms with E-state index in [0.29, 0.717) is 0 Å². The summed E-state index contributed by atoms with van der Waals surface area (Å²) in [6.07, 6.45) is 9.97. The summed E-state index contributed by atoms with van der Waals surface area (Å²) < 4.78 is 0. The molecule has 0 spiro atoms. The molecule has 0 heteroatoms. The third-order valence-corrected chi connectivity index (χ3v) is 1.53. The summed E-state index contributed by atoms with van der Waals surface area (Å²) in [5.74, 6) is 0. The van der Waals surface area contributed by atoms with Crippen molar-refractivity contribution in [2.75, 3.05) is 0 Å². The highest BCUT2D eigenvalue weighted by molar-refractivity contribution is 5.32. The number of allylic oxidation sites excluding steroid dienone is 7. The normalized spacial score (nSPS) is 14.1. The lowest BCUT2D eigenvalue weighted by molar-refractivity contribution is 1.34. The summed E-state index contributed by atoms with van der Waals surface area (Å²) >= 11 is 0. The van der Waals surface area contributed by atoms with Crippen LogP contribution in [-0.2, 0) is 0 Å². The van der Waals surface area contributed by atoms with Crippen LogP contribution in [-0.4, -0.2) is 0 Å². The van der Waals surface area contributed by atoms with Crippen molar-refractivity contribution in [3.05, 3.63) is 48.1 Å². The Bertz CT molecular complexity index is 202. The first-order chi connectivity index (χ1) is 5.22. The molecule has 0 aliphatic rings. The van der Waals surface area contributed by atoms with Gasteiger partial charge in [0.15, 0.2) is 0 Å². The van der Waals surface area contributed by atoms with Gasteiger partial charge in [-0.3, -0.25) is 0 Å². The van der Waals surface area contributed by atoms with Gasteiger partial charge in [-0.15, -0.1) is 0 Å². The quantitative estimate of drug-likeness (QED) is 0.536. The van der Waals surface area contributed by atoms with Crippen LogP contribution in [0, 0.1) is 0 Å². The monoisotopic (exact) mass is 148 g/mol. The largest absolute Gasteiger partial charge is 0.0991 e. The molecule has 0 radical (unpaired) electrons. The highest BCUT2D eigenvalue weighted by Gasteiger charge is 1.87. The number of hydrogen-bond donors (Lipinski definition) is 0. The first kappa shape index (κ1) is 9.96. The van der Waals surface area contributed by atoms with Gasteiger partial charge in [0.25, 0.3) is 0 Å². The standard InChI is InChI=1S/C11H16/c1-5-7-9-11(4)10(3)8-6-2/h5-9H,2H2,1,3-4H3/b7-5-,10-8-,11-9-. The second kappa shape index (κ2) is 5.72. The summed E-state index contributed by atoms with van der Waals surface area (Å²) in [6.45, 7) is 9.82. The molecule has 0 N–H and O–H groups in total. The highest BCUT2D eigenvalue weighted by Crippen LogP contribution is 2.07. The van der Waals surface area contributed by atoms with Crippen LogP contribution in [0.1, 0.15) is 20.8 Å². The van der Waals surface area contributed by atoms with Crippen molar-refractivity contribution in [2.24, 2.45) is 0 Å². The van der Waals surface area contributed by atoms with Gasteiger partial charge < -0.3 is 0 Å². The van der Waals surface area contributed by atoms with Crippen molar-refractivity contribution in [1.82, 2.24) is 0 Å². The zero-order valence-electron chi connectivity index (χ0n) is 7.59. The molecule has 0 aliphatic heterocycles. The molecule has 0 atom stereocenters. The Labute approximate surface area is 69.6 Å². The maximum absolute atomic E-state index is 3.64. The van der Waals surface area contributed by atoms with Crippen LogP contribution < -0.4 is 0 Å². The van der Waals surface area contributed by atoms with E-state index in [4.69, 9.17) is 0 Å². The van der Waals surface area contributed by atoms with Crippen LogP contribution in [0.15, 0.2) is 48.1 Å². The van der Waals surface area contributed by atoms with E-state index in [1.807, 2.05) is 31.2 Å². The Hall–Kier alpha value is -1.04. The highest BCUT2D eigenvalue weighted by atomic mass is 13.9. The SMILES string of the molecule is C=C\C=C(C)/C(C)=C\C=C/C. The summed E-state index contributed by atoms with van der Waals surface area (Å²) in [5, 5.41) is 0. The minimum Gasteiger partial charge on any atom is -0.0991 e. The van der Waals surface area contributed by atoms with Gasteiger partial charge in [-0.25, -0.2) is 0 Å². The average molecular weight is 148 g/mol. The van der Waals surface area contributed by atoms with Gasteiger partial charge in [0, 0.05) is 0 Å². The molecular weight excluding hydrogens is 132 g/mol. The maximum Gasteiger partial charge on any atom is -0.0395 e. The molecule has 60 valence electrons. The maximum atomic E-state index is 3.64. The van der Waals surface area contributed by atoms with Crippen LogP contribution >= 0.6 is 0 Å². The third-order valence-electron chi connectivity index (χ3n) is 1.53. The van der Waals surface area contributed by atoms with Crippen LogP contribution in [0.4, 0.5) is 0 Å². The summed E-state index contributed by atoms with van der Waals surface area (Å²) in [4.78, 5) is 0. The second-order valence-electron chi connectivity index (χ2n) is 2.46. The van der Waals surface area contributed by atoms with Crippen LogP contribution in [0.2, 0.25) is 0 Å². The van der Waals surface area contributed by atoms with Crippen LogP contribution in [0.25, 0.3) is 0 Å². The van der Waals surface area contributed by atoms with Crippen LogP contribution in [0.3, 0.4) is 0 Å². The Morgan fingerprint density at radius 1 is 1.09 bits per heavy atom. The van der Waals surface area contributed by atoms with Gasteiger partial charge in [-0.1, -0.05) is 37.0 Å². The number of rotatable bonds is 3. The van der Waals surface area contributed by atoms with Gasteiger partial charge in [0.05, 0.1) is 0 Å². The van der Waals surface area contributed by atoms with E-state index in [2.05, 4.69) is 26.5 Å². The van der Waals surface area contributed by atoms with Gasteiger partial charge in [0.1, 0.15) is 0 Å². The molecule has 0 nitrogen and oxygen atoms in total. The molecule has 0 aromatic rings. The Morgan fingerprint density at radius 2 is 1.64 bits per heavy atom. The van der Waals surface area contributed by atoms with E-state index in [9.17, 15) is 0 Å². The van der Waals surface area contributed by atoms with E-state index in [1.165, 1.54) is 11.1 Å². The Kier molecular flexibility index (Phi) is 5.18. The van der Waals surface area contributed by atoms with Gasteiger partial charge in [-0.05, 0) is 31.9 Å². The molecule has 0 aliphatic carbocycles. The second-order valence-corrected chi connectivity index (χ2v) is 2.46. The first-order valence-corrected chi connectivity index (χ1v) is 3.81. The molecule has 0 fully saturated rings. The molecule has 0 bridgehead atoms. The fourth-order valence-electron chi connectivity index (χ4n) is 0.680. The van der Waals surface area contributed by atoms with E-state index in [1.54, 1.807) is 0 Å². The van der Waals surface area contributed by atoms with Crippen molar-refractivity contribution in [2.45, 2.75) is 20.8 Å². The molecule has 0 saturated heterocycles. The minimum absolute atomic E-state index is 1.26. The van der Waals surface area contributed by atoms with E-state index in [0.717, 1.165) is 0 Å². The predicted molar refractivity (Wildman–Crippen MR) is 52.5 cm³/mol. The summed E-state index contributed by atoms with van der Waals surface area (Å²) in [7, 11) is 0. The van der Waals surface area contributed by atoms with E-state index in [-0.39, 0.29) is 0 Å². The van der Waals surface area contributed by atoms with Crippen molar-refractivity contribution in [3.8, 4) is 0 Å². The lowest BCUT2D eigenvalue weighted by Gasteiger charge is -1.96. The fourth-order valence-corrected chi connectivity index (χ4v) is 0.680. The smallest absolute Gasteiger partial charge is 0.0395 e. The van der Waals surface area contributed by atoms with Gasteiger partial charge in [0.2, 0.25) is 0 Å². The predicted octanol–water partition coefficient (Wildman–Crippen LogP) is 3.64. The van der Waals surface area contributed by atoms with Gasteiger partial charge >= 0.3 is 0 Å². The molecule has 0 aromatic heterocycles. The molecule has 11 heavy (non-hydrogen) atoms. The molecule has 0 amide bonds. The van der Waals surface area contributed by atoms with Crippen molar-refractivity contribution in [3.63, 3.8) is 0 Å². The van der Waals surface area contributed by atoms with Crippen molar-refractivity contribution in [1.29, 1.82) is 0 Å². The van der Waals surface area contributed by atoms with E-state index >= 15 is 0 Å². The Balaban J connectivity index is 4.34. The molecular formula is C11H16. The third kappa shape index (κ3) is 4.38. The molecule has 0 heterocycles. The molecule has 0 unspecified atom stereocenters.